The molecule has 8 heteroatoms. The first-order chi connectivity index (χ1) is 9.42. The zero-order valence-electron chi connectivity index (χ0n) is 11.9. The molecular weight excluding hydrogens is 280 g/mol. The number of methoxy groups -OCH3 is 1. The van der Waals surface area contributed by atoms with E-state index in [1.54, 1.807) is 11.8 Å². The van der Waals surface area contributed by atoms with Crippen LogP contribution in [0.4, 0.5) is 5.82 Å². The van der Waals surface area contributed by atoms with E-state index in [2.05, 4.69) is 9.82 Å². The van der Waals surface area contributed by atoms with Gasteiger partial charge in [0.05, 0.1) is 5.60 Å². The van der Waals surface area contributed by atoms with E-state index in [4.69, 9.17) is 10.5 Å². The van der Waals surface area contributed by atoms with Gasteiger partial charge in [-0.1, -0.05) is 6.92 Å². The first-order valence-electron chi connectivity index (χ1n) is 6.80. The van der Waals surface area contributed by atoms with Crippen LogP contribution in [0.5, 0.6) is 0 Å². The Kier molecular flexibility index (Phi) is 4.36. The van der Waals surface area contributed by atoms with Crippen molar-refractivity contribution in [3.8, 4) is 0 Å². The molecule has 0 aliphatic heterocycles. The second-order valence-electron chi connectivity index (χ2n) is 5.21. The Bertz CT molecular complexity index is 558. The largest absolute Gasteiger partial charge is 0.381 e. The second-order valence-corrected chi connectivity index (χ2v) is 6.94. The van der Waals surface area contributed by atoms with Crippen molar-refractivity contribution in [1.82, 2.24) is 14.5 Å². The predicted octanol–water partition coefficient (Wildman–Crippen LogP) is 0.723. The number of nitrogens with two attached hydrogens (primary N) is 1. The minimum atomic E-state index is -3.65. The van der Waals surface area contributed by atoms with E-state index >= 15 is 0 Å². The van der Waals surface area contributed by atoms with E-state index in [1.807, 2.05) is 6.92 Å². The van der Waals surface area contributed by atoms with E-state index in [0.29, 0.717) is 6.54 Å². The summed E-state index contributed by atoms with van der Waals surface area (Å²) < 4.78 is 34.1. The van der Waals surface area contributed by atoms with E-state index < -0.39 is 10.0 Å². The molecule has 7 nitrogen and oxygen atoms in total. The Labute approximate surface area is 119 Å². The van der Waals surface area contributed by atoms with Crippen LogP contribution < -0.4 is 10.5 Å². The third kappa shape index (κ3) is 2.97. The van der Waals surface area contributed by atoms with Gasteiger partial charge < -0.3 is 10.5 Å². The maximum Gasteiger partial charge on any atom is 0.245 e. The van der Waals surface area contributed by atoms with Crippen molar-refractivity contribution in [3.05, 3.63) is 6.20 Å². The van der Waals surface area contributed by atoms with Crippen LogP contribution in [0.1, 0.15) is 32.6 Å². The van der Waals surface area contributed by atoms with E-state index in [9.17, 15) is 8.42 Å². The Balaban J connectivity index is 2.10. The van der Waals surface area contributed by atoms with Gasteiger partial charge >= 0.3 is 0 Å². The van der Waals surface area contributed by atoms with Crippen LogP contribution in [0.3, 0.4) is 0 Å². The molecule has 0 saturated heterocycles. The predicted molar refractivity (Wildman–Crippen MR) is 75.7 cm³/mol. The first kappa shape index (κ1) is 15.3. The molecule has 1 aromatic rings. The average molecular weight is 302 g/mol. The number of sulfonamides is 1. The highest BCUT2D eigenvalue weighted by Crippen LogP contribution is 2.34. The molecule has 1 aliphatic carbocycles. The lowest BCUT2D eigenvalue weighted by atomic mass is 9.80. The Morgan fingerprint density at radius 3 is 2.75 bits per heavy atom. The standard InChI is InChI=1S/C12H22N4O3S/c1-3-7-16-8-10(11(13)15-16)20(17,18)14-9-12(19-2)5-4-6-12/h8,14H,3-7,9H2,1-2H3,(H2,13,15). The number of anilines is 1. The minimum Gasteiger partial charge on any atom is -0.381 e. The van der Waals surface area contributed by atoms with Gasteiger partial charge in [0.25, 0.3) is 0 Å². The summed E-state index contributed by atoms with van der Waals surface area (Å²) in [5, 5.41) is 4.01. The molecule has 1 heterocycles. The first-order valence-corrected chi connectivity index (χ1v) is 8.28. The summed E-state index contributed by atoms with van der Waals surface area (Å²) >= 11 is 0. The molecule has 0 radical (unpaired) electrons. The summed E-state index contributed by atoms with van der Waals surface area (Å²) in [6, 6.07) is 0. The minimum absolute atomic E-state index is 0.0334. The van der Waals surface area contributed by atoms with Crippen molar-refractivity contribution in [2.75, 3.05) is 19.4 Å². The van der Waals surface area contributed by atoms with Crippen molar-refractivity contribution in [2.24, 2.45) is 0 Å². The van der Waals surface area contributed by atoms with Gasteiger partial charge in [0, 0.05) is 26.4 Å². The molecule has 1 saturated carbocycles. The van der Waals surface area contributed by atoms with Crippen LogP contribution in [0, 0.1) is 0 Å². The van der Waals surface area contributed by atoms with Gasteiger partial charge in [0.1, 0.15) is 4.90 Å². The molecule has 114 valence electrons. The lowest BCUT2D eigenvalue weighted by molar-refractivity contribution is -0.0659. The number of ether oxygens (including phenoxy) is 1. The van der Waals surface area contributed by atoms with Gasteiger partial charge in [-0.25, -0.2) is 13.1 Å². The summed E-state index contributed by atoms with van der Waals surface area (Å²) in [4.78, 5) is 0.0385. The summed E-state index contributed by atoms with van der Waals surface area (Å²) in [6.45, 7) is 2.90. The third-order valence-electron chi connectivity index (χ3n) is 3.78. The van der Waals surface area contributed by atoms with Gasteiger partial charge in [-0.2, -0.15) is 5.10 Å². The molecule has 0 unspecified atom stereocenters. The maximum absolute atomic E-state index is 12.3. The topological polar surface area (TPSA) is 99.2 Å². The van der Waals surface area contributed by atoms with E-state index in [0.717, 1.165) is 25.7 Å². The number of aromatic nitrogens is 2. The maximum atomic E-state index is 12.3. The van der Waals surface area contributed by atoms with Crippen LogP contribution >= 0.6 is 0 Å². The highest BCUT2D eigenvalue weighted by atomic mass is 32.2. The molecule has 0 bridgehead atoms. The second kappa shape index (κ2) is 5.71. The van der Waals surface area contributed by atoms with Gasteiger partial charge in [0.15, 0.2) is 5.82 Å². The summed E-state index contributed by atoms with van der Waals surface area (Å²) in [6.07, 6.45) is 5.14. The number of hydrogen-bond acceptors (Lipinski definition) is 5. The fourth-order valence-electron chi connectivity index (χ4n) is 2.30. The molecule has 1 aromatic heterocycles. The zero-order valence-corrected chi connectivity index (χ0v) is 12.7. The Hall–Kier alpha value is -1.12. The van der Waals surface area contributed by atoms with Gasteiger partial charge in [-0.15, -0.1) is 0 Å². The van der Waals surface area contributed by atoms with Gasteiger partial charge in [0.2, 0.25) is 10.0 Å². The number of rotatable bonds is 7. The third-order valence-corrected chi connectivity index (χ3v) is 5.20. The molecule has 0 aromatic carbocycles. The van der Waals surface area contributed by atoms with Crippen LogP contribution in [-0.4, -0.2) is 37.5 Å². The van der Waals surface area contributed by atoms with Gasteiger partial charge in [-0.05, 0) is 25.7 Å². The molecule has 0 spiro atoms. The molecular formula is C12H22N4O3S. The van der Waals surface area contributed by atoms with Gasteiger partial charge in [-0.3, -0.25) is 4.68 Å². The average Bonchev–Trinajstić information content (AvgIpc) is 2.71. The zero-order chi connectivity index (χ0) is 14.8. The van der Waals surface area contributed by atoms with Crippen LogP contribution in [0.15, 0.2) is 11.1 Å². The van der Waals surface area contributed by atoms with Crippen molar-refractivity contribution in [1.29, 1.82) is 0 Å². The fourth-order valence-corrected chi connectivity index (χ4v) is 3.48. The Morgan fingerprint density at radius 1 is 1.55 bits per heavy atom. The molecule has 1 fully saturated rings. The van der Waals surface area contributed by atoms with Crippen molar-refractivity contribution >= 4 is 15.8 Å². The van der Waals surface area contributed by atoms with Crippen molar-refractivity contribution < 1.29 is 13.2 Å². The number of aryl methyl sites for hydroxylation is 1. The van der Waals surface area contributed by atoms with Crippen LogP contribution in [0.25, 0.3) is 0 Å². The number of nitrogens with zero attached hydrogens (tertiary/aromatic N) is 2. The highest BCUT2D eigenvalue weighted by molar-refractivity contribution is 7.89. The summed E-state index contributed by atoms with van der Waals surface area (Å²) in [7, 11) is -2.03. The van der Waals surface area contributed by atoms with E-state index in [1.165, 1.54) is 6.20 Å². The fraction of sp³-hybridized carbons (Fsp3) is 0.750. The monoisotopic (exact) mass is 302 g/mol. The van der Waals surface area contributed by atoms with Crippen LogP contribution in [-0.2, 0) is 21.3 Å². The molecule has 20 heavy (non-hydrogen) atoms. The number of nitrogens with one attached hydrogen (secondary N) is 1. The smallest absolute Gasteiger partial charge is 0.245 e. The SMILES string of the molecule is CCCn1cc(S(=O)(=O)NCC2(OC)CCC2)c(N)n1. The molecule has 0 amide bonds. The van der Waals surface area contributed by atoms with Crippen molar-refractivity contribution in [3.63, 3.8) is 0 Å². The molecule has 2 rings (SSSR count). The quantitative estimate of drug-likeness (QED) is 0.773. The molecule has 1 aliphatic rings. The highest BCUT2D eigenvalue weighted by Gasteiger charge is 2.38. The summed E-state index contributed by atoms with van der Waals surface area (Å²) in [5.74, 6) is 0.0334. The van der Waals surface area contributed by atoms with Crippen molar-refractivity contribution in [2.45, 2.75) is 49.6 Å². The molecule has 3 N–H and O–H groups in total. The number of hydrogen-bond donors (Lipinski definition) is 2. The van der Waals surface area contributed by atoms with Crippen LogP contribution in [0.2, 0.25) is 0 Å². The van der Waals surface area contributed by atoms with E-state index in [-0.39, 0.29) is 22.9 Å². The Morgan fingerprint density at radius 2 is 2.25 bits per heavy atom. The lowest BCUT2D eigenvalue weighted by Crippen LogP contribution is -2.49. The lowest BCUT2D eigenvalue weighted by Gasteiger charge is -2.40. The normalized spacial score (nSPS) is 17.9. The summed E-state index contributed by atoms with van der Waals surface area (Å²) in [5.41, 5.74) is 5.33. The molecule has 0 atom stereocenters. The number of nitrogen functional groups attached to an aromatic ring is 1.